The molecule has 0 bridgehead atoms. The lowest BCUT2D eigenvalue weighted by Crippen LogP contribution is -2.27. The first-order valence-corrected chi connectivity index (χ1v) is 4.86. The van der Waals surface area contributed by atoms with Crippen LogP contribution in [0, 0.1) is 5.82 Å². The molecule has 1 aromatic rings. The van der Waals surface area contributed by atoms with Gasteiger partial charge in [0, 0.05) is 26.2 Å². The van der Waals surface area contributed by atoms with Gasteiger partial charge >= 0.3 is 0 Å². The van der Waals surface area contributed by atoms with E-state index in [4.69, 9.17) is 10.5 Å². The standard InChI is InChI=1S/C11H15FN2O2/c1-14(2)11(15)7-16-10-4-3-9(12)5-8(10)6-13/h3-5H,6-7,13H2,1-2H3. The van der Waals surface area contributed by atoms with Crippen molar-refractivity contribution in [2.24, 2.45) is 5.73 Å². The minimum atomic E-state index is -0.369. The van der Waals surface area contributed by atoms with E-state index < -0.39 is 0 Å². The number of likely N-dealkylation sites (N-methyl/N-ethyl adjacent to an activating group) is 1. The summed E-state index contributed by atoms with van der Waals surface area (Å²) in [5.41, 5.74) is 5.99. The zero-order chi connectivity index (χ0) is 12.1. The maximum atomic E-state index is 12.9. The summed E-state index contributed by atoms with van der Waals surface area (Å²) < 4.78 is 18.1. The van der Waals surface area contributed by atoms with E-state index in [9.17, 15) is 9.18 Å². The molecule has 1 aromatic carbocycles. The van der Waals surface area contributed by atoms with Gasteiger partial charge in [0.1, 0.15) is 11.6 Å². The van der Waals surface area contributed by atoms with Crippen molar-refractivity contribution >= 4 is 5.91 Å². The number of carbonyl (C=O) groups excluding carboxylic acids is 1. The van der Waals surface area contributed by atoms with Gasteiger partial charge in [-0.2, -0.15) is 0 Å². The largest absolute Gasteiger partial charge is 0.483 e. The van der Waals surface area contributed by atoms with Gasteiger partial charge in [-0.3, -0.25) is 4.79 Å². The molecule has 4 nitrogen and oxygen atoms in total. The average Bonchev–Trinajstić information content (AvgIpc) is 2.26. The van der Waals surface area contributed by atoms with Crippen molar-refractivity contribution in [1.82, 2.24) is 4.90 Å². The third kappa shape index (κ3) is 3.20. The second-order valence-corrected chi connectivity index (χ2v) is 3.53. The van der Waals surface area contributed by atoms with Crippen LogP contribution in [-0.4, -0.2) is 31.5 Å². The number of nitrogens with zero attached hydrogens (tertiary/aromatic N) is 1. The predicted octanol–water partition coefficient (Wildman–Crippen LogP) is 0.751. The van der Waals surface area contributed by atoms with Crippen LogP contribution in [0.1, 0.15) is 5.56 Å². The Morgan fingerprint density at radius 2 is 2.19 bits per heavy atom. The lowest BCUT2D eigenvalue weighted by Gasteiger charge is -2.13. The lowest BCUT2D eigenvalue weighted by atomic mass is 10.2. The molecule has 0 aliphatic rings. The van der Waals surface area contributed by atoms with Crippen molar-refractivity contribution in [3.8, 4) is 5.75 Å². The lowest BCUT2D eigenvalue weighted by molar-refractivity contribution is -0.130. The third-order valence-electron chi connectivity index (χ3n) is 2.09. The van der Waals surface area contributed by atoms with E-state index in [-0.39, 0.29) is 24.9 Å². The van der Waals surface area contributed by atoms with Crippen LogP contribution in [0.3, 0.4) is 0 Å². The Labute approximate surface area is 93.8 Å². The zero-order valence-corrected chi connectivity index (χ0v) is 9.37. The fourth-order valence-corrected chi connectivity index (χ4v) is 1.12. The molecule has 1 amide bonds. The molecular formula is C11H15FN2O2. The SMILES string of the molecule is CN(C)C(=O)COc1ccc(F)cc1CN. The average molecular weight is 226 g/mol. The van der Waals surface area contributed by atoms with Crippen LogP contribution in [0.2, 0.25) is 0 Å². The van der Waals surface area contributed by atoms with E-state index in [0.717, 1.165) is 0 Å². The topological polar surface area (TPSA) is 55.6 Å². The monoisotopic (exact) mass is 226 g/mol. The Balaban J connectivity index is 2.70. The fourth-order valence-electron chi connectivity index (χ4n) is 1.12. The first-order chi connectivity index (χ1) is 7.54. The number of ether oxygens (including phenoxy) is 1. The summed E-state index contributed by atoms with van der Waals surface area (Å²) in [4.78, 5) is 12.7. The fraction of sp³-hybridized carbons (Fsp3) is 0.364. The number of halogens is 1. The number of benzene rings is 1. The highest BCUT2D eigenvalue weighted by atomic mass is 19.1. The van der Waals surface area contributed by atoms with Gasteiger partial charge in [0.25, 0.3) is 5.91 Å². The van der Waals surface area contributed by atoms with Crippen LogP contribution in [0.5, 0.6) is 5.75 Å². The molecule has 0 saturated heterocycles. The molecule has 0 spiro atoms. The van der Waals surface area contributed by atoms with Crippen LogP contribution in [0.25, 0.3) is 0 Å². The molecule has 1 rings (SSSR count). The smallest absolute Gasteiger partial charge is 0.259 e. The first-order valence-electron chi connectivity index (χ1n) is 4.86. The summed E-state index contributed by atoms with van der Waals surface area (Å²) in [6, 6.07) is 4.05. The van der Waals surface area contributed by atoms with E-state index in [1.165, 1.54) is 23.1 Å². The van der Waals surface area contributed by atoms with E-state index in [1.54, 1.807) is 14.1 Å². The van der Waals surface area contributed by atoms with Gasteiger partial charge < -0.3 is 15.4 Å². The third-order valence-corrected chi connectivity index (χ3v) is 2.09. The Kier molecular flexibility index (Phi) is 4.25. The van der Waals surface area contributed by atoms with Gasteiger partial charge in [0.05, 0.1) is 0 Å². The van der Waals surface area contributed by atoms with E-state index in [1.807, 2.05) is 0 Å². The van der Waals surface area contributed by atoms with Crippen molar-refractivity contribution in [3.63, 3.8) is 0 Å². The van der Waals surface area contributed by atoms with Crippen molar-refractivity contribution in [3.05, 3.63) is 29.6 Å². The number of nitrogens with two attached hydrogens (primary N) is 1. The summed E-state index contributed by atoms with van der Waals surface area (Å²) in [6.07, 6.45) is 0. The minimum absolute atomic E-state index is 0.0777. The second-order valence-electron chi connectivity index (χ2n) is 3.53. The highest BCUT2D eigenvalue weighted by Crippen LogP contribution is 2.19. The van der Waals surface area contributed by atoms with Gasteiger partial charge in [0.2, 0.25) is 0 Å². The Morgan fingerprint density at radius 3 is 2.75 bits per heavy atom. The Bertz CT molecular complexity index is 380. The Hall–Kier alpha value is -1.62. The molecule has 0 aliphatic heterocycles. The quantitative estimate of drug-likeness (QED) is 0.824. The van der Waals surface area contributed by atoms with E-state index in [0.29, 0.717) is 11.3 Å². The minimum Gasteiger partial charge on any atom is -0.483 e. The van der Waals surface area contributed by atoms with Crippen molar-refractivity contribution < 1.29 is 13.9 Å². The maximum absolute atomic E-state index is 12.9. The van der Waals surface area contributed by atoms with Gasteiger partial charge in [-0.15, -0.1) is 0 Å². The van der Waals surface area contributed by atoms with Crippen LogP contribution in [-0.2, 0) is 11.3 Å². The summed E-state index contributed by atoms with van der Waals surface area (Å²) >= 11 is 0. The molecule has 0 aromatic heterocycles. The van der Waals surface area contributed by atoms with Crippen LogP contribution in [0.15, 0.2) is 18.2 Å². The number of hydrogen-bond acceptors (Lipinski definition) is 3. The molecule has 16 heavy (non-hydrogen) atoms. The van der Waals surface area contributed by atoms with Crippen LogP contribution in [0.4, 0.5) is 4.39 Å². The van der Waals surface area contributed by atoms with Crippen LogP contribution >= 0.6 is 0 Å². The van der Waals surface area contributed by atoms with Gasteiger partial charge in [0.15, 0.2) is 6.61 Å². The van der Waals surface area contributed by atoms with E-state index >= 15 is 0 Å². The molecule has 0 saturated carbocycles. The molecule has 0 heterocycles. The molecule has 0 atom stereocenters. The number of hydrogen-bond donors (Lipinski definition) is 1. The highest BCUT2D eigenvalue weighted by Gasteiger charge is 2.08. The summed E-state index contributed by atoms with van der Waals surface area (Å²) in [6.45, 7) is 0.0921. The molecule has 2 N–H and O–H groups in total. The van der Waals surface area contributed by atoms with Crippen LogP contribution < -0.4 is 10.5 Å². The summed E-state index contributed by atoms with van der Waals surface area (Å²) in [5.74, 6) is -0.0851. The van der Waals surface area contributed by atoms with Gasteiger partial charge in [-0.25, -0.2) is 4.39 Å². The molecule has 5 heteroatoms. The number of carbonyl (C=O) groups is 1. The van der Waals surface area contributed by atoms with Gasteiger partial charge in [-0.1, -0.05) is 0 Å². The molecule has 0 unspecified atom stereocenters. The highest BCUT2D eigenvalue weighted by molar-refractivity contribution is 5.77. The molecule has 0 aliphatic carbocycles. The second kappa shape index (κ2) is 5.46. The van der Waals surface area contributed by atoms with Crippen molar-refractivity contribution in [1.29, 1.82) is 0 Å². The molecular weight excluding hydrogens is 211 g/mol. The normalized spacial score (nSPS) is 10.0. The van der Waals surface area contributed by atoms with E-state index in [2.05, 4.69) is 0 Å². The zero-order valence-electron chi connectivity index (χ0n) is 9.37. The van der Waals surface area contributed by atoms with Crippen molar-refractivity contribution in [2.45, 2.75) is 6.54 Å². The summed E-state index contributed by atoms with van der Waals surface area (Å²) in [5, 5.41) is 0. The number of amides is 1. The summed E-state index contributed by atoms with van der Waals surface area (Å²) in [7, 11) is 3.28. The molecule has 88 valence electrons. The Morgan fingerprint density at radius 1 is 1.50 bits per heavy atom. The molecule has 0 fully saturated rings. The molecule has 0 radical (unpaired) electrons. The maximum Gasteiger partial charge on any atom is 0.259 e. The predicted molar refractivity (Wildman–Crippen MR) is 58.5 cm³/mol. The number of rotatable bonds is 4. The first kappa shape index (κ1) is 12.4. The van der Waals surface area contributed by atoms with Gasteiger partial charge in [-0.05, 0) is 18.2 Å². The van der Waals surface area contributed by atoms with Crippen molar-refractivity contribution in [2.75, 3.05) is 20.7 Å².